The van der Waals surface area contributed by atoms with Gasteiger partial charge in [-0.1, -0.05) is 18.2 Å². The van der Waals surface area contributed by atoms with Crippen LogP contribution in [0.3, 0.4) is 0 Å². The molecule has 0 aliphatic carbocycles. The van der Waals surface area contributed by atoms with Crippen LogP contribution >= 0.6 is 0 Å². The summed E-state index contributed by atoms with van der Waals surface area (Å²) >= 11 is 0. The van der Waals surface area contributed by atoms with Gasteiger partial charge in [-0.2, -0.15) is 0 Å². The van der Waals surface area contributed by atoms with Crippen molar-refractivity contribution in [3.05, 3.63) is 60.2 Å². The van der Waals surface area contributed by atoms with Crippen molar-refractivity contribution in [1.82, 2.24) is 14.8 Å². The number of amides is 2. The lowest BCUT2D eigenvalue weighted by atomic mass is 10.0. The third-order valence-electron chi connectivity index (χ3n) is 4.95. The summed E-state index contributed by atoms with van der Waals surface area (Å²) in [5.41, 5.74) is 0.946. The van der Waals surface area contributed by atoms with Crippen LogP contribution in [0.5, 0.6) is 5.75 Å². The number of hydrogen-bond donors (Lipinski definition) is 0. The van der Waals surface area contributed by atoms with Crippen LogP contribution in [0.2, 0.25) is 0 Å². The van der Waals surface area contributed by atoms with Gasteiger partial charge < -0.3 is 14.5 Å². The molecule has 6 nitrogen and oxygen atoms in total. The van der Waals surface area contributed by atoms with E-state index in [1.54, 1.807) is 40.4 Å². The fraction of sp³-hybridized carbons (Fsp3) is 0.350. The second-order valence-electron chi connectivity index (χ2n) is 6.95. The molecule has 1 unspecified atom stereocenters. The number of halogens is 1. The smallest absolute Gasteiger partial charge is 0.228 e. The summed E-state index contributed by atoms with van der Waals surface area (Å²) in [5.74, 6) is -0.589. The highest BCUT2D eigenvalue weighted by molar-refractivity contribution is 5.89. The van der Waals surface area contributed by atoms with Crippen molar-refractivity contribution in [1.29, 1.82) is 0 Å². The lowest BCUT2D eigenvalue weighted by Crippen LogP contribution is -2.57. The number of ether oxygens (including phenoxy) is 1. The van der Waals surface area contributed by atoms with Gasteiger partial charge in [0.1, 0.15) is 6.10 Å². The molecule has 2 amide bonds. The van der Waals surface area contributed by atoms with Gasteiger partial charge in [0.05, 0.1) is 19.0 Å². The Morgan fingerprint density at radius 3 is 2.74 bits per heavy atom. The Morgan fingerprint density at radius 2 is 2.00 bits per heavy atom. The van der Waals surface area contributed by atoms with Crippen LogP contribution in [-0.4, -0.2) is 52.3 Å². The van der Waals surface area contributed by atoms with E-state index in [-0.39, 0.29) is 36.0 Å². The van der Waals surface area contributed by atoms with Gasteiger partial charge in [0.15, 0.2) is 11.6 Å². The maximum atomic E-state index is 13.6. The third-order valence-corrected chi connectivity index (χ3v) is 4.95. The van der Waals surface area contributed by atoms with Gasteiger partial charge in [-0.05, 0) is 23.8 Å². The fourth-order valence-electron chi connectivity index (χ4n) is 3.47. The summed E-state index contributed by atoms with van der Waals surface area (Å²) in [7, 11) is 0. The van der Waals surface area contributed by atoms with Gasteiger partial charge in [0.2, 0.25) is 11.8 Å². The van der Waals surface area contributed by atoms with Gasteiger partial charge in [-0.15, -0.1) is 0 Å². The second kappa shape index (κ2) is 7.34. The molecule has 2 aliphatic heterocycles. The van der Waals surface area contributed by atoms with Gasteiger partial charge in [0.25, 0.3) is 0 Å². The molecule has 2 fully saturated rings. The molecule has 7 heteroatoms. The lowest BCUT2D eigenvalue weighted by molar-refractivity contribution is -0.144. The summed E-state index contributed by atoms with van der Waals surface area (Å²) in [6.07, 6.45) is 3.43. The highest BCUT2D eigenvalue weighted by Crippen LogP contribution is 2.26. The average molecular weight is 369 g/mol. The molecule has 27 heavy (non-hydrogen) atoms. The standard InChI is InChI=1S/C20H20FN3O3/c21-17-5-1-2-6-18(17)27-16-12-24(13-16)20(26)15-8-19(25)23(11-15)10-14-4-3-7-22-9-14/h1-7,9,15-16H,8,10-13H2. The van der Waals surface area contributed by atoms with E-state index in [0.717, 1.165) is 5.56 Å². The Morgan fingerprint density at radius 1 is 1.19 bits per heavy atom. The van der Waals surface area contributed by atoms with Gasteiger partial charge in [-0.25, -0.2) is 4.39 Å². The van der Waals surface area contributed by atoms with Crippen molar-refractivity contribution in [3.8, 4) is 5.75 Å². The Bertz CT molecular complexity index is 839. The van der Waals surface area contributed by atoms with E-state index in [2.05, 4.69) is 4.98 Å². The zero-order valence-electron chi connectivity index (χ0n) is 14.8. The fourth-order valence-corrected chi connectivity index (χ4v) is 3.47. The largest absolute Gasteiger partial charge is 0.484 e. The van der Waals surface area contributed by atoms with E-state index in [9.17, 15) is 14.0 Å². The first kappa shape index (κ1) is 17.5. The first-order valence-corrected chi connectivity index (χ1v) is 8.97. The first-order chi connectivity index (χ1) is 13.1. The number of rotatable bonds is 5. The predicted molar refractivity (Wildman–Crippen MR) is 95.2 cm³/mol. The lowest BCUT2D eigenvalue weighted by Gasteiger charge is -2.40. The second-order valence-corrected chi connectivity index (χ2v) is 6.95. The van der Waals surface area contributed by atoms with E-state index in [1.165, 1.54) is 6.07 Å². The summed E-state index contributed by atoms with van der Waals surface area (Å²) in [6.45, 7) is 1.72. The highest BCUT2D eigenvalue weighted by atomic mass is 19.1. The molecule has 2 aliphatic rings. The quantitative estimate of drug-likeness (QED) is 0.807. The zero-order chi connectivity index (χ0) is 18.8. The number of carbonyl (C=O) groups is 2. The van der Waals surface area contributed by atoms with Crippen LogP contribution in [0.1, 0.15) is 12.0 Å². The molecule has 4 rings (SSSR count). The van der Waals surface area contributed by atoms with Crippen LogP contribution in [0.15, 0.2) is 48.8 Å². The Hall–Kier alpha value is -2.96. The summed E-state index contributed by atoms with van der Waals surface area (Å²) in [6, 6.07) is 9.97. The van der Waals surface area contributed by atoms with Gasteiger partial charge in [-0.3, -0.25) is 14.6 Å². The molecule has 1 aromatic heterocycles. The van der Waals surface area contributed by atoms with E-state index in [0.29, 0.717) is 26.2 Å². The Labute approximate surface area is 156 Å². The molecule has 0 bridgehead atoms. The molecule has 0 saturated carbocycles. The molecule has 140 valence electrons. The number of likely N-dealkylation sites (tertiary alicyclic amines) is 2. The number of nitrogens with zero attached hydrogens (tertiary/aromatic N) is 3. The SMILES string of the molecule is O=C1CC(C(=O)N2CC(Oc3ccccc3F)C2)CN1Cc1cccnc1. The molecule has 1 aromatic carbocycles. The number of hydrogen-bond acceptors (Lipinski definition) is 4. The van der Waals surface area contributed by atoms with Crippen LogP contribution < -0.4 is 4.74 Å². The molecule has 2 aromatic rings. The normalized spacial score (nSPS) is 19.9. The third kappa shape index (κ3) is 3.77. The van der Waals surface area contributed by atoms with Gasteiger partial charge in [0, 0.05) is 31.9 Å². The molecule has 0 N–H and O–H groups in total. The number of carbonyl (C=O) groups excluding carboxylic acids is 2. The van der Waals surface area contributed by atoms with Crippen LogP contribution in [-0.2, 0) is 16.1 Å². The van der Waals surface area contributed by atoms with Crippen LogP contribution in [0.25, 0.3) is 0 Å². The molecular formula is C20H20FN3O3. The van der Waals surface area contributed by atoms with Crippen molar-refractivity contribution in [2.75, 3.05) is 19.6 Å². The zero-order valence-corrected chi connectivity index (χ0v) is 14.8. The minimum Gasteiger partial charge on any atom is -0.484 e. The summed E-state index contributed by atoms with van der Waals surface area (Å²) in [5, 5.41) is 0. The van der Waals surface area contributed by atoms with Crippen molar-refractivity contribution in [2.24, 2.45) is 5.92 Å². The Balaban J connectivity index is 1.28. The number of benzene rings is 1. The highest BCUT2D eigenvalue weighted by Gasteiger charge is 2.41. The average Bonchev–Trinajstić information content (AvgIpc) is 3.00. The van der Waals surface area contributed by atoms with Crippen molar-refractivity contribution in [2.45, 2.75) is 19.1 Å². The van der Waals surface area contributed by atoms with Crippen molar-refractivity contribution in [3.63, 3.8) is 0 Å². The minimum absolute atomic E-state index is 0.0168. The number of aromatic nitrogens is 1. The van der Waals surface area contributed by atoms with Crippen molar-refractivity contribution >= 4 is 11.8 Å². The maximum Gasteiger partial charge on any atom is 0.228 e. The van der Waals surface area contributed by atoms with E-state index in [4.69, 9.17) is 4.74 Å². The molecular weight excluding hydrogens is 349 g/mol. The molecule has 0 radical (unpaired) electrons. The van der Waals surface area contributed by atoms with Crippen LogP contribution in [0, 0.1) is 11.7 Å². The minimum atomic E-state index is -0.408. The van der Waals surface area contributed by atoms with E-state index in [1.807, 2.05) is 12.1 Å². The molecule has 1 atom stereocenters. The number of para-hydroxylation sites is 1. The molecule has 2 saturated heterocycles. The van der Waals surface area contributed by atoms with Gasteiger partial charge >= 0.3 is 0 Å². The molecule has 3 heterocycles. The Kier molecular flexibility index (Phi) is 4.75. The predicted octanol–water partition coefficient (Wildman–Crippen LogP) is 1.86. The molecule has 0 spiro atoms. The first-order valence-electron chi connectivity index (χ1n) is 8.97. The summed E-state index contributed by atoms with van der Waals surface area (Å²) in [4.78, 5) is 32.3. The topological polar surface area (TPSA) is 62.7 Å². The van der Waals surface area contributed by atoms with E-state index < -0.39 is 5.82 Å². The summed E-state index contributed by atoms with van der Waals surface area (Å²) < 4.78 is 19.2. The monoisotopic (exact) mass is 369 g/mol. The number of pyridine rings is 1. The van der Waals surface area contributed by atoms with Crippen LogP contribution in [0.4, 0.5) is 4.39 Å². The maximum absolute atomic E-state index is 13.6. The van der Waals surface area contributed by atoms with Crippen molar-refractivity contribution < 1.29 is 18.7 Å². The van der Waals surface area contributed by atoms with E-state index >= 15 is 0 Å².